The fourth-order valence-corrected chi connectivity index (χ4v) is 3.43. The number of furan rings is 1. The normalized spacial score (nSPS) is 10.9. The van der Waals surface area contributed by atoms with Gasteiger partial charge in [0.15, 0.2) is 5.76 Å². The fraction of sp³-hybridized carbons (Fsp3) is 0.158. The van der Waals surface area contributed by atoms with Crippen LogP contribution in [0.4, 0.5) is 4.39 Å². The third-order valence-electron chi connectivity index (χ3n) is 4.40. The molecule has 0 bridgehead atoms. The Morgan fingerprint density at radius 2 is 2.10 bits per heavy atom. The molecule has 0 unspecified atom stereocenters. The third kappa shape index (κ3) is 4.33. The zero-order valence-electron chi connectivity index (χ0n) is 16.1. The van der Waals surface area contributed by atoms with Crippen molar-refractivity contribution < 1.29 is 23.5 Å². The highest BCUT2D eigenvalue weighted by Gasteiger charge is 2.19. The second-order valence-electron chi connectivity index (χ2n) is 6.50. The van der Waals surface area contributed by atoms with E-state index in [-0.39, 0.29) is 29.5 Å². The molecule has 0 spiro atoms. The molecule has 3 heterocycles. The molecule has 4 rings (SSSR count). The van der Waals surface area contributed by atoms with Crippen molar-refractivity contribution in [1.82, 2.24) is 29.9 Å². The van der Waals surface area contributed by atoms with E-state index in [1.165, 1.54) is 40.6 Å². The van der Waals surface area contributed by atoms with Gasteiger partial charge in [-0.05, 0) is 36.7 Å². The summed E-state index contributed by atoms with van der Waals surface area (Å²) >= 11 is 1.21. The Kier molecular flexibility index (Phi) is 5.54. The van der Waals surface area contributed by atoms with Crippen molar-refractivity contribution in [2.24, 2.45) is 0 Å². The van der Waals surface area contributed by atoms with E-state index in [4.69, 9.17) is 4.42 Å². The summed E-state index contributed by atoms with van der Waals surface area (Å²) in [5, 5.41) is 23.8. The van der Waals surface area contributed by atoms with Gasteiger partial charge >= 0.3 is 5.97 Å². The van der Waals surface area contributed by atoms with Crippen LogP contribution in [0.5, 0.6) is 0 Å². The molecule has 158 valence electrons. The van der Waals surface area contributed by atoms with Crippen LogP contribution in [0.25, 0.3) is 11.3 Å². The Bertz CT molecular complexity index is 1260. The van der Waals surface area contributed by atoms with Gasteiger partial charge < -0.3 is 14.8 Å². The summed E-state index contributed by atoms with van der Waals surface area (Å²) < 4.78 is 24.7. The first-order valence-corrected chi connectivity index (χ1v) is 9.76. The van der Waals surface area contributed by atoms with Crippen LogP contribution in [-0.2, 0) is 13.1 Å². The van der Waals surface area contributed by atoms with Crippen molar-refractivity contribution >= 4 is 23.4 Å². The Balaban J connectivity index is 1.45. The number of halogens is 1. The molecule has 2 N–H and O–H groups in total. The first-order valence-electron chi connectivity index (χ1n) is 8.99. The molecule has 1 aromatic carbocycles. The number of carbonyl (C=O) groups excluding carboxylic acids is 1. The molecule has 4 aromatic rings. The molecule has 12 heteroatoms. The molecule has 0 aliphatic rings. The Labute approximate surface area is 178 Å². The smallest absolute Gasteiger partial charge is 0.339 e. The summed E-state index contributed by atoms with van der Waals surface area (Å²) in [5.41, 5.74) is 0.607. The molecule has 3 aromatic heterocycles. The highest BCUT2D eigenvalue weighted by Crippen LogP contribution is 2.24. The van der Waals surface area contributed by atoms with E-state index < -0.39 is 17.3 Å². The minimum atomic E-state index is -1.39. The predicted molar refractivity (Wildman–Crippen MR) is 106 cm³/mol. The van der Waals surface area contributed by atoms with Gasteiger partial charge in [0, 0.05) is 5.56 Å². The number of hydrogen-bond donors (Lipinski definition) is 2. The topological polar surface area (TPSA) is 136 Å². The van der Waals surface area contributed by atoms with Crippen LogP contribution < -0.4 is 5.32 Å². The Hall–Kier alpha value is -3.93. The molecule has 1 amide bonds. The number of aromatic nitrogens is 5. The third-order valence-corrected chi connectivity index (χ3v) is 5.22. The van der Waals surface area contributed by atoms with E-state index in [0.29, 0.717) is 12.3 Å². The number of nitrogens with zero attached hydrogens (tertiary/aromatic N) is 5. The zero-order valence-corrected chi connectivity index (χ0v) is 16.9. The van der Waals surface area contributed by atoms with Crippen LogP contribution in [0.3, 0.4) is 0 Å². The Morgan fingerprint density at radius 1 is 1.26 bits per heavy atom. The van der Waals surface area contributed by atoms with Crippen molar-refractivity contribution in [3.05, 3.63) is 70.0 Å². The van der Waals surface area contributed by atoms with E-state index in [0.717, 1.165) is 16.6 Å². The lowest BCUT2D eigenvalue weighted by Gasteiger charge is -2.03. The first kappa shape index (κ1) is 20.3. The van der Waals surface area contributed by atoms with Crippen molar-refractivity contribution in [3.8, 4) is 11.3 Å². The molecule has 0 atom stereocenters. The van der Waals surface area contributed by atoms with Crippen molar-refractivity contribution in [3.63, 3.8) is 0 Å². The quantitative estimate of drug-likeness (QED) is 0.446. The summed E-state index contributed by atoms with van der Waals surface area (Å²) in [6, 6.07) is 7.09. The molecule has 0 radical (unpaired) electrons. The van der Waals surface area contributed by atoms with Gasteiger partial charge in [-0.25, -0.2) is 13.9 Å². The lowest BCUT2D eigenvalue weighted by molar-refractivity contribution is 0.0692. The van der Waals surface area contributed by atoms with Gasteiger partial charge in [0.2, 0.25) is 0 Å². The fourth-order valence-electron chi connectivity index (χ4n) is 2.86. The summed E-state index contributed by atoms with van der Waals surface area (Å²) in [5.74, 6) is -2.07. The first-order chi connectivity index (χ1) is 14.9. The van der Waals surface area contributed by atoms with Gasteiger partial charge in [-0.15, -0.1) is 10.2 Å². The molecule has 0 fully saturated rings. The number of carboxylic acids is 1. The monoisotopic (exact) mass is 442 g/mol. The van der Waals surface area contributed by atoms with E-state index in [2.05, 4.69) is 25.2 Å². The van der Waals surface area contributed by atoms with E-state index in [1.54, 1.807) is 6.07 Å². The minimum Gasteiger partial charge on any atom is -0.478 e. The molecule has 0 saturated heterocycles. The maximum atomic E-state index is 13.9. The van der Waals surface area contributed by atoms with Gasteiger partial charge in [0.25, 0.3) is 5.91 Å². The van der Waals surface area contributed by atoms with E-state index in [9.17, 15) is 19.1 Å². The standard InChI is InChI=1S/C19H15FN6O4S/c1-10-16(31-25-22-10)7-21-18(27)15-6-5-11(30-15)8-26-9-14(23-24-26)12-3-2-4-13(20)17(12)19(28)29/h2-6,9H,7-8H2,1H3,(H,21,27)(H,28,29). The van der Waals surface area contributed by atoms with Crippen molar-refractivity contribution in [1.29, 1.82) is 0 Å². The Morgan fingerprint density at radius 3 is 2.84 bits per heavy atom. The minimum absolute atomic E-state index is 0.117. The largest absolute Gasteiger partial charge is 0.478 e. The molecule has 0 saturated carbocycles. The summed E-state index contributed by atoms with van der Waals surface area (Å²) in [4.78, 5) is 24.5. The number of hydrogen-bond acceptors (Lipinski definition) is 8. The molecular weight excluding hydrogens is 427 g/mol. The molecular formula is C19H15FN6O4S. The zero-order chi connectivity index (χ0) is 22.0. The van der Waals surface area contributed by atoms with Gasteiger partial charge in [0.05, 0.1) is 23.3 Å². The van der Waals surface area contributed by atoms with Gasteiger partial charge in [0.1, 0.15) is 29.4 Å². The second-order valence-corrected chi connectivity index (χ2v) is 7.34. The lowest BCUT2D eigenvalue weighted by atomic mass is 10.0. The van der Waals surface area contributed by atoms with E-state index in [1.807, 2.05) is 6.92 Å². The predicted octanol–water partition coefficient (Wildman–Crippen LogP) is 2.51. The second kappa shape index (κ2) is 8.44. The summed E-state index contributed by atoms with van der Waals surface area (Å²) in [6.07, 6.45) is 1.48. The van der Waals surface area contributed by atoms with Gasteiger partial charge in [-0.1, -0.05) is 21.8 Å². The highest BCUT2D eigenvalue weighted by molar-refractivity contribution is 7.05. The number of aryl methyl sites for hydroxylation is 1. The number of carbonyl (C=O) groups is 2. The van der Waals surface area contributed by atoms with Crippen molar-refractivity contribution in [2.45, 2.75) is 20.0 Å². The van der Waals surface area contributed by atoms with Crippen molar-refractivity contribution in [2.75, 3.05) is 0 Å². The highest BCUT2D eigenvalue weighted by atomic mass is 32.1. The molecule has 31 heavy (non-hydrogen) atoms. The van der Waals surface area contributed by atoms with Gasteiger partial charge in [-0.3, -0.25) is 4.79 Å². The molecule has 10 nitrogen and oxygen atoms in total. The average molecular weight is 442 g/mol. The molecule has 0 aliphatic heterocycles. The van der Waals surface area contributed by atoms with Crippen LogP contribution in [0.1, 0.15) is 37.2 Å². The van der Waals surface area contributed by atoms with E-state index >= 15 is 0 Å². The summed E-state index contributed by atoms with van der Waals surface area (Å²) in [6.45, 7) is 2.26. The number of rotatable bonds is 7. The molecule has 0 aliphatic carbocycles. The number of aromatic carboxylic acids is 1. The number of benzene rings is 1. The average Bonchev–Trinajstić information content (AvgIpc) is 3.48. The lowest BCUT2D eigenvalue weighted by Crippen LogP contribution is -2.22. The maximum Gasteiger partial charge on any atom is 0.339 e. The van der Waals surface area contributed by atoms with Crippen LogP contribution in [-0.4, -0.2) is 41.6 Å². The number of nitrogens with one attached hydrogen (secondary N) is 1. The van der Waals surface area contributed by atoms with Crippen LogP contribution in [0, 0.1) is 12.7 Å². The summed E-state index contributed by atoms with van der Waals surface area (Å²) in [7, 11) is 0. The van der Waals surface area contributed by atoms with Crippen LogP contribution in [0.15, 0.2) is 40.9 Å². The van der Waals surface area contributed by atoms with Crippen LogP contribution in [0.2, 0.25) is 0 Å². The number of carboxylic acid groups (broad SMARTS) is 1. The number of amides is 1. The van der Waals surface area contributed by atoms with Gasteiger partial charge in [-0.2, -0.15) is 0 Å². The SMILES string of the molecule is Cc1nnsc1CNC(=O)c1ccc(Cn2cc(-c3cccc(F)c3C(=O)O)nn2)o1. The van der Waals surface area contributed by atoms with Crippen LogP contribution >= 0.6 is 11.5 Å². The maximum absolute atomic E-state index is 13.9.